The van der Waals surface area contributed by atoms with E-state index in [1.54, 1.807) is 19.0 Å². The largest absolute Gasteiger partial charge is 0.349 e. The fraction of sp³-hybridized carbons (Fsp3) is 0.455. The molecule has 0 bridgehead atoms. The Bertz CT molecular complexity index is 721. The van der Waals surface area contributed by atoms with Crippen LogP contribution in [0.4, 0.5) is 0 Å². The van der Waals surface area contributed by atoms with Crippen LogP contribution in [0.3, 0.4) is 0 Å². The van der Waals surface area contributed by atoms with Gasteiger partial charge in [-0.2, -0.15) is 0 Å². The van der Waals surface area contributed by atoms with Crippen LogP contribution in [0.1, 0.15) is 32.3 Å². The van der Waals surface area contributed by atoms with E-state index in [-0.39, 0.29) is 5.91 Å². The van der Waals surface area contributed by atoms with Crippen LogP contribution in [-0.2, 0) is 11.3 Å². The van der Waals surface area contributed by atoms with E-state index in [1.807, 2.05) is 25.1 Å². The molecule has 0 radical (unpaired) electrons. The summed E-state index contributed by atoms with van der Waals surface area (Å²) in [6.07, 6.45) is 11.6. The fourth-order valence-corrected chi connectivity index (χ4v) is 2.45. The van der Waals surface area contributed by atoms with Gasteiger partial charge in [-0.25, -0.2) is 0 Å². The van der Waals surface area contributed by atoms with Gasteiger partial charge >= 0.3 is 0 Å². The van der Waals surface area contributed by atoms with Gasteiger partial charge in [-0.1, -0.05) is 50.8 Å². The number of carbonyl (C=O) groups excluding carboxylic acids is 1. The Hall–Kier alpha value is -2.36. The molecular formula is C22H33N3O. The zero-order valence-electron chi connectivity index (χ0n) is 16.9. The van der Waals surface area contributed by atoms with E-state index in [0.717, 1.165) is 17.5 Å². The van der Waals surface area contributed by atoms with Crippen molar-refractivity contribution in [3.05, 3.63) is 65.8 Å². The third kappa shape index (κ3) is 8.15. The SMILES string of the molecule is C=C/C=C(\C/C=C\C(C)C)CN=c1ccc(C)cn1CCC(=O)N(C)C. The first-order valence-electron chi connectivity index (χ1n) is 9.18. The molecule has 0 aliphatic carbocycles. The molecule has 4 nitrogen and oxygen atoms in total. The van der Waals surface area contributed by atoms with Gasteiger partial charge in [0.1, 0.15) is 5.49 Å². The van der Waals surface area contributed by atoms with Gasteiger partial charge in [0.2, 0.25) is 5.91 Å². The lowest BCUT2D eigenvalue weighted by atomic mass is 10.1. The second kappa shape index (κ2) is 11.3. The summed E-state index contributed by atoms with van der Waals surface area (Å²) in [5.74, 6) is 0.668. The molecule has 0 fully saturated rings. The molecule has 0 atom stereocenters. The van der Waals surface area contributed by atoms with Crippen molar-refractivity contribution in [2.24, 2.45) is 10.9 Å². The monoisotopic (exact) mass is 355 g/mol. The highest BCUT2D eigenvalue weighted by Gasteiger charge is 2.04. The third-order valence-electron chi connectivity index (χ3n) is 3.91. The topological polar surface area (TPSA) is 37.6 Å². The fourth-order valence-electron chi connectivity index (χ4n) is 2.45. The number of hydrogen-bond donors (Lipinski definition) is 0. The normalized spacial score (nSPS) is 12.8. The second-order valence-corrected chi connectivity index (χ2v) is 7.05. The first-order valence-corrected chi connectivity index (χ1v) is 9.18. The molecule has 1 rings (SSSR count). The summed E-state index contributed by atoms with van der Waals surface area (Å²) in [7, 11) is 3.57. The minimum atomic E-state index is 0.121. The van der Waals surface area contributed by atoms with E-state index < -0.39 is 0 Å². The standard InChI is InChI=1S/C22H33N3O/c1-7-9-20(11-8-10-18(2)3)16-23-21-13-12-19(4)17-25(21)15-14-22(26)24(5)6/h7-10,12-13,17-18H,1,11,14-16H2,2-6H3/b10-8-,20-9+,23-21?. The van der Waals surface area contributed by atoms with Gasteiger partial charge in [0.05, 0.1) is 6.54 Å². The van der Waals surface area contributed by atoms with Gasteiger partial charge in [-0.05, 0) is 36.5 Å². The Balaban J connectivity index is 2.95. The van der Waals surface area contributed by atoms with Crippen molar-refractivity contribution in [3.8, 4) is 0 Å². The first kappa shape index (κ1) is 21.7. The van der Waals surface area contributed by atoms with Crippen molar-refractivity contribution in [2.75, 3.05) is 20.6 Å². The predicted octanol–water partition coefficient (Wildman–Crippen LogP) is 3.89. The average molecular weight is 356 g/mol. The second-order valence-electron chi connectivity index (χ2n) is 7.05. The Morgan fingerprint density at radius 2 is 2.08 bits per heavy atom. The van der Waals surface area contributed by atoms with Gasteiger partial charge < -0.3 is 9.47 Å². The summed E-state index contributed by atoms with van der Waals surface area (Å²) >= 11 is 0. The molecule has 0 saturated heterocycles. The molecule has 0 spiro atoms. The molecule has 0 aliphatic rings. The van der Waals surface area contributed by atoms with Crippen molar-refractivity contribution in [1.82, 2.24) is 9.47 Å². The van der Waals surface area contributed by atoms with Crippen LogP contribution in [0.2, 0.25) is 0 Å². The van der Waals surface area contributed by atoms with Crippen LogP contribution in [0.15, 0.2) is 59.8 Å². The first-order chi connectivity index (χ1) is 12.3. The maximum Gasteiger partial charge on any atom is 0.223 e. The van der Waals surface area contributed by atoms with Crippen molar-refractivity contribution < 1.29 is 4.79 Å². The molecule has 1 heterocycles. The minimum Gasteiger partial charge on any atom is -0.349 e. The van der Waals surface area contributed by atoms with Crippen LogP contribution in [0, 0.1) is 12.8 Å². The lowest BCUT2D eigenvalue weighted by Crippen LogP contribution is -2.27. The van der Waals surface area contributed by atoms with Crippen LogP contribution < -0.4 is 5.49 Å². The molecule has 1 aromatic rings. The Labute approximate surface area is 158 Å². The van der Waals surface area contributed by atoms with Crippen molar-refractivity contribution in [3.63, 3.8) is 0 Å². The van der Waals surface area contributed by atoms with Crippen LogP contribution in [0.25, 0.3) is 0 Å². The summed E-state index contributed by atoms with van der Waals surface area (Å²) in [6.45, 7) is 11.4. The Morgan fingerprint density at radius 3 is 2.69 bits per heavy atom. The number of hydrogen-bond acceptors (Lipinski definition) is 2. The van der Waals surface area contributed by atoms with Crippen LogP contribution >= 0.6 is 0 Å². The predicted molar refractivity (Wildman–Crippen MR) is 110 cm³/mol. The van der Waals surface area contributed by atoms with E-state index in [9.17, 15) is 4.79 Å². The van der Waals surface area contributed by atoms with Gasteiger partial charge in [0, 0.05) is 33.3 Å². The zero-order valence-corrected chi connectivity index (χ0v) is 16.9. The molecule has 0 aromatic carbocycles. The summed E-state index contributed by atoms with van der Waals surface area (Å²) in [4.78, 5) is 18.3. The highest BCUT2D eigenvalue weighted by Crippen LogP contribution is 2.06. The summed E-state index contributed by atoms with van der Waals surface area (Å²) in [6, 6.07) is 4.07. The Morgan fingerprint density at radius 1 is 1.35 bits per heavy atom. The number of carbonyl (C=O) groups is 1. The summed E-state index contributed by atoms with van der Waals surface area (Å²) in [5.41, 5.74) is 3.27. The molecule has 1 aromatic heterocycles. The van der Waals surface area contributed by atoms with Crippen LogP contribution in [-0.4, -0.2) is 36.0 Å². The molecular weight excluding hydrogens is 322 g/mol. The maximum absolute atomic E-state index is 11.9. The smallest absolute Gasteiger partial charge is 0.223 e. The Kier molecular flexibility index (Phi) is 9.42. The third-order valence-corrected chi connectivity index (χ3v) is 3.91. The van der Waals surface area contributed by atoms with Gasteiger partial charge in [-0.15, -0.1) is 0 Å². The number of pyridine rings is 1. The number of rotatable bonds is 9. The molecule has 0 unspecified atom stereocenters. The number of allylic oxidation sites excluding steroid dienone is 4. The van der Waals surface area contributed by atoms with Crippen molar-refractivity contribution >= 4 is 5.91 Å². The number of aryl methyl sites for hydroxylation is 2. The molecule has 1 amide bonds. The lowest BCUT2D eigenvalue weighted by molar-refractivity contribution is -0.128. The lowest BCUT2D eigenvalue weighted by Gasteiger charge is -2.12. The quantitative estimate of drug-likeness (QED) is 0.489. The van der Waals surface area contributed by atoms with E-state index in [0.29, 0.717) is 25.4 Å². The van der Waals surface area contributed by atoms with Crippen molar-refractivity contribution in [1.29, 1.82) is 0 Å². The van der Waals surface area contributed by atoms with E-state index in [1.165, 1.54) is 5.57 Å². The highest BCUT2D eigenvalue weighted by atomic mass is 16.2. The minimum absolute atomic E-state index is 0.121. The molecule has 26 heavy (non-hydrogen) atoms. The van der Waals surface area contributed by atoms with Gasteiger partial charge in [-0.3, -0.25) is 9.79 Å². The average Bonchev–Trinajstić information content (AvgIpc) is 2.58. The number of amides is 1. The van der Waals surface area contributed by atoms with Gasteiger partial charge in [0.25, 0.3) is 0 Å². The van der Waals surface area contributed by atoms with E-state index >= 15 is 0 Å². The number of nitrogens with zero attached hydrogens (tertiary/aromatic N) is 3. The summed E-state index contributed by atoms with van der Waals surface area (Å²) < 4.78 is 2.06. The van der Waals surface area contributed by atoms with E-state index in [4.69, 9.17) is 4.99 Å². The van der Waals surface area contributed by atoms with Crippen molar-refractivity contribution in [2.45, 2.75) is 40.2 Å². The molecule has 0 saturated carbocycles. The molecule has 0 aliphatic heterocycles. The van der Waals surface area contributed by atoms with Crippen LogP contribution in [0.5, 0.6) is 0 Å². The molecule has 4 heteroatoms. The highest BCUT2D eigenvalue weighted by molar-refractivity contribution is 5.75. The van der Waals surface area contributed by atoms with Gasteiger partial charge in [0.15, 0.2) is 0 Å². The zero-order chi connectivity index (χ0) is 19.5. The van der Waals surface area contributed by atoms with E-state index in [2.05, 4.69) is 49.4 Å². The maximum atomic E-state index is 11.9. The number of aromatic nitrogens is 1. The molecule has 142 valence electrons. The molecule has 0 N–H and O–H groups in total. The summed E-state index contributed by atoms with van der Waals surface area (Å²) in [5, 5.41) is 0.